The average Bonchev–Trinajstić information content (AvgIpc) is 2.89. The van der Waals surface area contributed by atoms with Crippen molar-refractivity contribution in [2.24, 2.45) is 5.92 Å². The zero-order valence-electron chi connectivity index (χ0n) is 11.3. The van der Waals surface area contributed by atoms with E-state index in [2.05, 4.69) is 5.32 Å². The highest BCUT2D eigenvalue weighted by Crippen LogP contribution is 2.18. The fraction of sp³-hybridized carbons (Fsp3) is 0.429. The molecule has 1 aromatic rings. The van der Waals surface area contributed by atoms with Crippen molar-refractivity contribution in [3.8, 4) is 0 Å². The molecule has 1 atom stereocenters. The SMILES string of the molecule is COCc1cccc(NC(=O)N2CCC(C(=O)O)C2)c1. The van der Waals surface area contributed by atoms with Crippen molar-refractivity contribution < 1.29 is 19.4 Å². The van der Waals surface area contributed by atoms with Crippen LogP contribution in [-0.2, 0) is 16.1 Å². The fourth-order valence-electron chi connectivity index (χ4n) is 2.25. The van der Waals surface area contributed by atoms with Gasteiger partial charge in [-0.2, -0.15) is 0 Å². The van der Waals surface area contributed by atoms with E-state index in [1.807, 2.05) is 18.2 Å². The maximum atomic E-state index is 12.0. The number of carboxylic acid groups (broad SMARTS) is 1. The molecule has 1 fully saturated rings. The lowest BCUT2D eigenvalue weighted by atomic mass is 10.1. The molecular formula is C14H18N2O4. The second-order valence-corrected chi connectivity index (χ2v) is 4.83. The molecule has 108 valence electrons. The summed E-state index contributed by atoms with van der Waals surface area (Å²) in [5.41, 5.74) is 1.65. The van der Waals surface area contributed by atoms with Gasteiger partial charge in [0.05, 0.1) is 12.5 Å². The maximum Gasteiger partial charge on any atom is 0.321 e. The summed E-state index contributed by atoms with van der Waals surface area (Å²) in [6.45, 7) is 1.22. The first-order valence-electron chi connectivity index (χ1n) is 6.46. The number of hydrogen-bond acceptors (Lipinski definition) is 3. The molecule has 1 heterocycles. The second kappa shape index (κ2) is 6.38. The molecule has 2 N–H and O–H groups in total. The maximum absolute atomic E-state index is 12.0. The van der Waals surface area contributed by atoms with Crippen LogP contribution in [0, 0.1) is 5.92 Å². The van der Waals surface area contributed by atoms with Crippen molar-refractivity contribution in [2.45, 2.75) is 13.0 Å². The van der Waals surface area contributed by atoms with Crippen LogP contribution in [0.2, 0.25) is 0 Å². The molecule has 1 aliphatic rings. The topological polar surface area (TPSA) is 78.9 Å². The summed E-state index contributed by atoms with van der Waals surface area (Å²) in [6.07, 6.45) is 0.506. The Labute approximate surface area is 117 Å². The van der Waals surface area contributed by atoms with E-state index in [4.69, 9.17) is 9.84 Å². The lowest BCUT2D eigenvalue weighted by Gasteiger charge is -2.17. The van der Waals surface area contributed by atoms with Crippen LogP contribution in [0.15, 0.2) is 24.3 Å². The van der Waals surface area contributed by atoms with Gasteiger partial charge in [-0.3, -0.25) is 4.79 Å². The van der Waals surface area contributed by atoms with Crippen molar-refractivity contribution in [3.05, 3.63) is 29.8 Å². The van der Waals surface area contributed by atoms with Gasteiger partial charge >= 0.3 is 12.0 Å². The fourth-order valence-corrected chi connectivity index (χ4v) is 2.25. The van der Waals surface area contributed by atoms with E-state index in [1.165, 1.54) is 4.90 Å². The Bertz CT molecular complexity index is 504. The van der Waals surface area contributed by atoms with Gasteiger partial charge in [-0.15, -0.1) is 0 Å². The molecule has 0 bridgehead atoms. The van der Waals surface area contributed by atoms with Crippen molar-refractivity contribution >= 4 is 17.7 Å². The molecule has 6 nitrogen and oxygen atoms in total. The number of aliphatic carboxylic acids is 1. The number of hydrogen-bond donors (Lipinski definition) is 2. The third-order valence-electron chi connectivity index (χ3n) is 3.31. The Balaban J connectivity index is 1.95. The summed E-state index contributed by atoms with van der Waals surface area (Å²) in [6, 6.07) is 7.13. The number of nitrogens with zero attached hydrogens (tertiary/aromatic N) is 1. The molecule has 0 aliphatic carbocycles. The predicted molar refractivity (Wildman–Crippen MR) is 73.5 cm³/mol. The molecule has 20 heavy (non-hydrogen) atoms. The Hall–Kier alpha value is -2.08. The number of ether oxygens (including phenoxy) is 1. The molecule has 1 aliphatic heterocycles. The largest absolute Gasteiger partial charge is 0.481 e. The standard InChI is InChI=1S/C14H18N2O4/c1-20-9-10-3-2-4-12(7-10)15-14(19)16-6-5-11(8-16)13(17)18/h2-4,7,11H,5-6,8-9H2,1H3,(H,15,19)(H,17,18). The van der Waals surface area contributed by atoms with E-state index >= 15 is 0 Å². The van der Waals surface area contributed by atoms with Crippen LogP contribution in [0.5, 0.6) is 0 Å². The number of nitrogens with one attached hydrogen (secondary N) is 1. The number of urea groups is 1. The third kappa shape index (κ3) is 3.48. The average molecular weight is 278 g/mol. The summed E-state index contributed by atoms with van der Waals surface area (Å²) in [7, 11) is 1.61. The Morgan fingerprint density at radius 3 is 2.95 bits per heavy atom. The van der Waals surface area contributed by atoms with Gasteiger partial charge in [-0.25, -0.2) is 4.79 Å². The van der Waals surface area contributed by atoms with Crippen LogP contribution in [0.1, 0.15) is 12.0 Å². The number of carbonyl (C=O) groups is 2. The minimum atomic E-state index is -0.845. The zero-order chi connectivity index (χ0) is 14.5. The summed E-state index contributed by atoms with van der Waals surface area (Å²) in [4.78, 5) is 24.4. The second-order valence-electron chi connectivity index (χ2n) is 4.83. The van der Waals surface area contributed by atoms with E-state index in [0.717, 1.165) is 5.56 Å². The number of methoxy groups -OCH3 is 1. The van der Waals surface area contributed by atoms with Crippen LogP contribution in [0.4, 0.5) is 10.5 Å². The molecule has 2 rings (SSSR count). The lowest BCUT2D eigenvalue weighted by Crippen LogP contribution is -2.33. The minimum Gasteiger partial charge on any atom is -0.481 e. The van der Waals surface area contributed by atoms with E-state index in [1.54, 1.807) is 13.2 Å². The van der Waals surface area contributed by atoms with Crippen molar-refractivity contribution in [1.29, 1.82) is 0 Å². The first kappa shape index (κ1) is 14.3. The molecule has 0 radical (unpaired) electrons. The molecule has 6 heteroatoms. The normalized spacial score (nSPS) is 18.1. The highest BCUT2D eigenvalue weighted by Gasteiger charge is 2.30. The predicted octanol–water partition coefficient (Wildman–Crippen LogP) is 1.77. The first-order chi connectivity index (χ1) is 9.60. The van der Waals surface area contributed by atoms with Gasteiger partial charge in [0.1, 0.15) is 0 Å². The quantitative estimate of drug-likeness (QED) is 0.879. The van der Waals surface area contributed by atoms with Crippen LogP contribution in [0.3, 0.4) is 0 Å². The van der Waals surface area contributed by atoms with Crippen molar-refractivity contribution in [2.75, 3.05) is 25.5 Å². The molecule has 0 saturated carbocycles. The smallest absolute Gasteiger partial charge is 0.321 e. The molecular weight excluding hydrogens is 260 g/mol. The van der Waals surface area contributed by atoms with Gasteiger partial charge in [-0.1, -0.05) is 12.1 Å². The minimum absolute atomic E-state index is 0.261. The Morgan fingerprint density at radius 2 is 2.30 bits per heavy atom. The van der Waals surface area contributed by atoms with Crippen molar-refractivity contribution in [1.82, 2.24) is 4.90 Å². The van der Waals surface area contributed by atoms with Crippen LogP contribution in [-0.4, -0.2) is 42.2 Å². The van der Waals surface area contributed by atoms with Gasteiger partial charge in [0, 0.05) is 25.9 Å². The first-order valence-corrected chi connectivity index (χ1v) is 6.46. The number of carboxylic acids is 1. The number of rotatable bonds is 4. The van der Waals surface area contributed by atoms with E-state index < -0.39 is 11.9 Å². The van der Waals surface area contributed by atoms with E-state index in [9.17, 15) is 9.59 Å². The summed E-state index contributed by atoms with van der Waals surface area (Å²) in [5.74, 6) is -1.30. The molecule has 1 saturated heterocycles. The van der Waals surface area contributed by atoms with Gasteiger partial charge in [-0.05, 0) is 24.1 Å². The molecule has 0 spiro atoms. The van der Waals surface area contributed by atoms with Crippen molar-refractivity contribution in [3.63, 3.8) is 0 Å². The number of likely N-dealkylation sites (tertiary alicyclic amines) is 1. The number of amides is 2. The molecule has 1 unspecified atom stereocenters. The van der Waals surface area contributed by atoms with Gasteiger partial charge in [0.2, 0.25) is 0 Å². The highest BCUT2D eigenvalue weighted by molar-refractivity contribution is 5.90. The highest BCUT2D eigenvalue weighted by atomic mass is 16.5. The number of benzene rings is 1. The van der Waals surface area contributed by atoms with Crippen LogP contribution >= 0.6 is 0 Å². The summed E-state index contributed by atoms with van der Waals surface area (Å²) >= 11 is 0. The molecule has 0 aromatic heterocycles. The molecule has 1 aromatic carbocycles. The summed E-state index contributed by atoms with van der Waals surface area (Å²) < 4.78 is 5.04. The van der Waals surface area contributed by atoms with Gasteiger partial charge in [0.25, 0.3) is 0 Å². The lowest BCUT2D eigenvalue weighted by molar-refractivity contribution is -0.141. The van der Waals surface area contributed by atoms with Crippen LogP contribution < -0.4 is 5.32 Å². The Kier molecular flexibility index (Phi) is 4.57. The van der Waals surface area contributed by atoms with E-state index in [-0.39, 0.29) is 12.6 Å². The third-order valence-corrected chi connectivity index (χ3v) is 3.31. The van der Waals surface area contributed by atoms with Gasteiger partial charge in [0.15, 0.2) is 0 Å². The number of carbonyl (C=O) groups excluding carboxylic acids is 1. The van der Waals surface area contributed by atoms with Crippen LogP contribution in [0.25, 0.3) is 0 Å². The van der Waals surface area contributed by atoms with Gasteiger partial charge < -0.3 is 20.1 Å². The van der Waals surface area contributed by atoms with E-state index in [0.29, 0.717) is 25.3 Å². The monoisotopic (exact) mass is 278 g/mol. The summed E-state index contributed by atoms with van der Waals surface area (Å²) in [5, 5.41) is 11.7. The Morgan fingerprint density at radius 1 is 1.50 bits per heavy atom. The number of anilines is 1. The molecule has 2 amide bonds. The zero-order valence-corrected chi connectivity index (χ0v) is 11.3.